The molecule has 0 unspecified atom stereocenters. The summed E-state index contributed by atoms with van der Waals surface area (Å²) in [4.78, 5) is 7.15. The third kappa shape index (κ3) is 10.3. The molecule has 2 aliphatic rings. The van der Waals surface area contributed by atoms with Crippen molar-refractivity contribution in [1.29, 1.82) is 0 Å². The number of hydrogen-bond donors (Lipinski definition) is 0. The van der Waals surface area contributed by atoms with Crippen LogP contribution in [0.4, 0.5) is 51.2 Å². The summed E-state index contributed by atoms with van der Waals surface area (Å²) in [5.74, 6) is 0. The van der Waals surface area contributed by atoms with Gasteiger partial charge >= 0.3 is 0 Å². The Morgan fingerprint density at radius 2 is 0.958 bits per heavy atom. The maximum atomic E-state index is 8.86. The Hall–Kier alpha value is -10.1. The Morgan fingerprint density at radius 1 is 0.375 bits per heavy atom. The highest BCUT2D eigenvalue weighted by Crippen LogP contribution is 2.54. The van der Waals surface area contributed by atoms with Gasteiger partial charge in [0.05, 0.1) is 28.1 Å². The van der Waals surface area contributed by atoms with Gasteiger partial charge < -0.3 is 19.3 Å². The third-order valence-corrected chi connectivity index (χ3v) is 21.0. The van der Waals surface area contributed by atoms with E-state index >= 15 is 0 Å². The molecule has 0 bridgehead atoms. The SMILES string of the molecule is [2H]C([2H])([2H])C(c1ccc(N2c3cc(N(c4ccc(C(C)(C)C)cc4)c4ccccc4-c4ccccc4)ccc3B3c4sc5ccc(-c6ccccc6)cc5c4N(c4ccc(C(C)(C)C)cc4-c4cccc5c4c4ccccc4n5-c4ccccc4)c4cc(C(C)(C)C)cc2c43)cc1)(C([2H])([2H])[2H])C([2H])([2H])[2H]. The monoisotopic (exact) mass is 1270 g/mol. The van der Waals surface area contributed by atoms with Gasteiger partial charge in [0.25, 0.3) is 6.71 Å². The first-order valence-corrected chi connectivity index (χ1v) is 34.2. The number of thiophene rings is 1. The molecule has 4 heterocycles. The van der Waals surface area contributed by atoms with Crippen LogP contribution in [0, 0.1) is 0 Å². The molecule has 470 valence electrons. The van der Waals surface area contributed by atoms with Crippen molar-refractivity contribution in [3.8, 4) is 39.1 Å². The summed E-state index contributed by atoms with van der Waals surface area (Å²) in [7, 11) is 0. The van der Waals surface area contributed by atoms with Gasteiger partial charge in [0.1, 0.15) is 0 Å². The summed E-state index contributed by atoms with van der Waals surface area (Å²) in [5.41, 5.74) is 18.8. The minimum Gasteiger partial charge on any atom is -0.311 e. The van der Waals surface area contributed by atoms with Crippen molar-refractivity contribution in [3.63, 3.8) is 0 Å². The van der Waals surface area contributed by atoms with Crippen LogP contribution in [0.3, 0.4) is 0 Å². The Morgan fingerprint density at radius 3 is 1.66 bits per heavy atom. The van der Waals surface area contributed by atoms with Crippen molar-refractivity contribution < 1.29 is 12.3 Å². The predicted octanol–water partition coefficient (Wildman–Crippen LogP) is 23.7. The molecular weight excluding hydrogens is 1180 g/mol. The Bertz CT molecular complexity index is 5670. The molecular formula is C90H81BN4S. The van der Waals surface area contributed by atoms with Crippen LogP contribution in [-0.4, -0.2) is 11.3 Å². The molecule has 0 fully saturated rings. The smallest absolute Gasteiger partial charge is 0.264 e. The van der Waals surface area contributed by atoms with Gasteiger partial charge in [-0.2, -0.15) is 0 Å². The van der Waals surface area contributed by atoms with Crippen LogP contribution in [0.15, 0.2) is 273 Å². The van der Waals surface area contributed by atoms with Gasteiger partial charge in [0, 0.05) is 88.9 Å². The van der Waals surface area contributed by atoms with Crippen LogP contribution in [0.2, 0.25) is 0 Å². The molecule has 0 radical (unpaired) electrons. The number of para-hydroxylation sites is 3. The van der Waals surface area contributed by atoms with Crippen molar-refractivity contribution in [2.24, 2.45) is 0 Å². The fourth-order valence-corrected chi connectivity index (χ4v) is 16.1. The molecule has 0 amide bonds. The molecule has 6 heteroatoms. The lowest BCUT2D eigenvalue weighted by Crippen LogP contribution is -2.60. The van der Waals surface area contributed by atoms with Gasteiger partial charge in [0.2, 0.25) is 0 Å². The minimum atomic E-state index is -3.47. The summed E-state index contributed by atoms with van der Waals surface area (Å²) in [6, 6.07) is 96.3. The number of nitrogens with zero attached hydrogens (tertiary/aromatic N) is 4. The van der Waals surface area contributed by atoms with E-state index in [9.17, 15) is 0 Å². The van der Waals surface area contributed by atoms with Crippen molar-refractivity contribution in [1.82, 2.24) is 4.57 Å². The first-order chi connectivity index (χ1) is 49.9. The number of aromatic nitrogens is 1. The average molecular weight is 1270 g/mol. The highest BCUT2D eigenvalue weighted by atomic mass is 32.1. The highest BCUT2D eigenvalue weighted by molar-refractivity contribution is 7.33. The van der Waals surface area contributed by atoms with Crippen LogP contribution in [-0.2, 0) is 21.7 Å². The van der Waals surface area contributed by atoms with E-state index in [0.717, 1.165) is 138 Å². The van der Waals surface area contributed by atoms with Crippen LogP contribution < -0.4 is 30.4 Å². The fourth-order valence-electron chi connectivity index (χ4n) is 14.8. The molecule has 2 aromatic heterocycles. The Labute approximate surface area is 584 Å². The average Bonchev–Trinajstić information content (AvgIpc) is 1.68. The molecule has 14 aromatic rings. The molecule has 0 spiro atoms. The molecule has 0 saturated heterocycles. The van der Waals surface area contributed by atoms with E-state index in [0.29, 0.717) is 5.69 Å². The molecule has 12 aromatic carbocycles. The number of anilines is 9. The van der Waals surface area contributed by atoms with Gasteiger partial charge in [-0.15, -0.1) is 11.3 Å². The van der Waals surface area contributed by atoms with E-state index < -0.39 is 31.4 Å². The maximum absolute atomic E-state index is 8.86. The zero-order valence-corrected chi connectivity index (χ0v) is 56.6. The molecule has 0 saturated carbocycles. The topological polar surface area (TPSA) is 14.7 Å². The second kappa shape index (κ2) is 22.8. The van der Waals surface area contributed by atoms with E-state index in [4.69, 9.17) is 12.3 Å². The highest BCUT2D eigenvalue weighted by Gasteiger charge is 2.47. The molecule has 4 nitrogen and oxygen atoms in total. The lowest BCUT2D eigenvalue weighted by atomic mass is 9.36. The number of fused-ring (bicyclic) bond motifs is 9. The standard InChI is InChI=1S/C90H81BN4S/c1-87(2,3)61-40-45-66(46-41-61)92(75-36-24-22-33-69(75)59-29-18-14-19-30-59)68-49-50-74-79(57-68)94(67-47-42-62(43-48-67)88(4,5)6)80-55-64(90(10,11)12)56-81-84(80)91(74)86-85(73-53-60(39-52-82(73)96-86)58-27-16-13-17-28-58)95(81)77-51-44-63(89(7,8)9)54-72(77)70-35-26-38-78-83(70)71-34-23-25-37-76(71)93(78)65-31-20-15-21-32-65/h13-57H,1-12H3/i4D3,5D3,6D3. The largest absolute Gasteiger partial charge is 0.311 e. The molecule has 0 atom stereocenters. The van der Waals surface area contributed by atoms with E-state index in [1.165, 1.54) is 23.3 Å². The summed E-state index contributed by atoms with van der Waals surface area (Å²) in [6.45, 7) is 9.44. The third-order valence-electron chi connectivity index (χ3n) is 19.8. The van der Waals surface area contributed by atoms with Gasteiger partial charge in [-0.05, 0) is 180 Å². The van der Waals surface area contributed by atoms with E-state index in [1.54, 1.807) is 12.1 Å². The summed E-state index contributed by atoms with van der Waals surface area (Å²) >= 11 is 1.81. The second-order valence-corrected chi connectivity index (χ2v) is 30.2. The lowest BCUT2D eigenvalue weighted by Gasteiger charge is -2.45. The Balaban J connectivity index is 1.03. The summed E-state index contributed by atoms with van der Waals surface area (Å²) < 4.78 is 84.4. The van der Waals surface area contributed by atoms with E-state index in [-0.39, 0.29) is 23.1 Å². The maximum Gasteiger partial charge on any atom is 0.264 e. The zero-order chi connectivity index (χ0) is 73.7. The second-order valence-electron chi connectivity index (χ2n) is 29.1. The van der Waals surface area contributed by atoms with Gasteiger partial charge in [-0.1, -0.05) is 253 Å². The van der Waals surface area contributed by atoms with Crippen molar-refractivity contribution in [2.45, 2.75) is 105 Å². The first-order valence-electron chi connectivity index (χ1n) is 37.8. The van der Waals surface area contributed by atoms with Gasteiger partial charge in [-0.25, -0.2) is 0 Å². The Kier molecular flexibility index (Phi) is 12.2. The van der Waals surface area contributed by atoms with Gasteiger partial charge in [-0.3, -0.25) is 0 Å². The normalized spacial score (nSPS) is 14.9. The molecule has 16 rings (SSSR count). The van der Waals surface area contributed by atoms with Gasteiger partial charge in [0.15, 0.2) is 0 Å². The first kappa shape index (κ1) is 51.2. The zero-order valence-electron chi connectivity index (χ0n) is 64.8. The summed E-state index contributed by atoms with van der Waals surface area (Å²) in [6.07, 6.45) is 0. The minimum absolute atomic E-state index is 0.124. The van der Waals surface area contributed by atoms with Crippen LogP contribution in [0.1, 0.15) is 117 Å². The fraction of sp³-hybridized carbons (Fsp3) is 0.178. The van der Waals surface area contributed by atoms with E-state index in [1.807, 2.05) is 17.4 Å². The van der Waals surface area contributed by atoms with E-state index in [2.05, 4.69) is 324 Å². The molecule has 0 N–H and O–H groups in total. The van der Waals surface area contributed by atoms with Crippen LogP contribution >= 0.6 is 11.3 Å². The molecule has 96 heavy (non-hydrogen) atoms. The summed E-state index contributed by atoms with van der Waals surface area (Å²) in [5, 5.41) is 3.37. The molecule has 2 aliphatic heterocycles. The number of benzene rings is 12. The van der Waals surface area contributed by atoms with Crippen LogP contribution in [0.25, 0.3) is 71.0 Å². The lowest BCUT2D eigenvalue weighted by molar-refractivity contribution is 0.590. The molecule has 0 aliphatic carbocycles. The van der Waals surface area contributed by atoms with Crippen molar-refractivity contribution in [3.05, 3.63) is 295 Å². The predicted molar refractivity (Wildman–Crippen MR) is 416 cm³/mol. The van der Waals surface area contributed by atoms with Crippen molar-refractivity contribution in [2.75, 3.05) is 14.7 Å². The quantitative estimate of drug-likeness (QED) is 0.134. The number of rotatable bonds is 9. The van der Waals surface area contributed by atoms with Crippen molar-refractivity contribution >= 4 is 117 Å². The number of hydrogen-bond acceptors (Lipinski definition) is 4. The van der Waals surface area contributed by atoms with Crippen LogP contribution in [0.5, 0.6) is 0 Å².